The number of rotatable bonds is 12. The number of carbonyl (C=O) groups excluding carboxylic acids is 2. The van der Waals surface area contributed by atoms with Gasteiger partial charge in [-0.15, -0.1) is 17.9 Å². The molecule has 3 aromatic rings. The second-order valence-corrected chi connectivity index (χ2v) is 9.16. The summed E-state index contributed by atoms with van der Waals surface area (Å²) in [6, 6.07) is 17.8. The summed E-state index contributed by atoms with van der Waals surface area (Å²) >= 11 is 1.58. The van der Waals surface area contributed by atoms with Crippen LogP contribution in [0.3, 0.4) is 0 Å². The first-order valence-electron chi connectivity index (χ1n) is 11.7. The number of anilines is 1. The molecule has 0 unspecified atom stereocenters. The number of nitrogens with one attached hydrogen (secondary N) is 1. The zero-order valence-corrected chi connectivity index (χ0v) is 21.8. The van der Waals surface area contributed by atoms with Crippen LogP contribution < -0.4 is 14.8 Å². The van der Waals surface area contributed by atoms with Gasteiger partial charge in [0.2, 0.25) is 5.91 Å². The Hall–Kier alpha value is -4.29. The first-order valence-corrected chi connectivity index (χ1v) is 12.5. The summed E-state index contributed by atoms with van der Waals surface area (Å²) in [6.07, 6.45) is 2.18. The molecule has 0 fully saturated rings. The van der Waals surface area contributed by atoms with E-state index in [0.29, 0.717) is 42.3 Å². The Morgan fingerprint density at radius 1 is 1.08 bits per heavy atom. The number of nitriles is 1. The molecule has 0 bridgehead atoms. The van der Waals surface area contributed by atoms with E-state index < -0.39 is 6.03 Å². The van der Waals surface area contributed by atoms with Gasteiger partial charge in [0.25, 0.3) is 0 Å². The number of methoxy groups -OCH3 is 2. The molecule has 0 spiro atoms. The fourth-order valence-electron chi connectivity index (χ4n) is 3.69. The third-order valence-corrected chi connectivity index (χ3v) is 6.46. The zero-order chi connectivity index (χ0) is 26.6. The van der Waals surface area contributed by atoms with Crippen LogP contribution in [0.1, 0.15) is 16.0 Å². The lowest BCUT2D eigenvalue weighted by Gasteiger charge is -2.27. The van der Waals surface area contributed by atoms with Crippen LogP contribution in [0.4, 0.5) is 10.5 Å². The van der Waals surface area contributed by atoms with Gasteiger partial charge in [-0.25, -0.2) is 4.79 Å². The van der Waals surface area contributed by atoms with E-state index in [1.165, 1.54) is 4.90 Å². The Labute approximate surface area is 221 Å². The summed E-state index contributed by atoms with van der Waals surface area (Å²) in [6.45, 7) is 4.70. The summed E-state index contributed by atoms with van der Waals surface area (Å²) in [5.41, 5.74) is 1.91. The number of nitrogens with zero attached hydrogens (tertiary/aromatic N) is 3. The monoisotopic (exact) mass is 518 g/mol. The number of hydrogen-bond acceptors (Lipinski definition) is 6. The number of amides is 3. The minimum atomic E-state index is -0.445. The molecule has 192 valence electrons. The van der Waals surface area contributed by atoms with E-state index in [4.69, 9.17) is 14.7 Å². The number of ether oxygens (including phenoxy) is 2. The largest absolute Gasteiger partial charge is 0.493 e. The molecule has 0 aliphatic heterocycles. The molecule has 0 saturated heterocycles. The Morgan fingerprint density at radius 3 is 2.57 bits per heavy atom. The van der Waals surface area contributed by atoms with E-state index in [2.05, 4.69) is 11.9 Å². The van der Waals surface area contributed by atoms with E-state index >= 15 is 0 Å². The van der Waals surface area contributed by atoms with Crippen LogP contribution in [-0.2, 0) is 17.8 Å². The Bertz CT molecular complexity index is 1250. The summed E-state index contributed by atoms with van der Waals surface area (Å²) in [5, 5.41) is 13.9. The number of urea groups is 1. The van der Waals surface area contributed by atoms with Crippen molar-refractivity contribution in [2.75, 3.05) is 39.2 Å². The van der Waals surface area contributed by atoms with E-state index in [-0.39, 0.29) is 19.0 Å². The average Bonchev–Trinajstić information content (AvgIpc) is 3.43. The van der Waals surface area contributed by atoms with Gasteiger partial charge < -0.3 is 24.6 Å². The van der Waals surface area contributed by atoms with Crippen LogP contribution in [0.2, 0.25) is 0 Å². The molecule has 0 aliphatic rings. The predicted molar refractivity (Wildman–Crippen MR) is 145 cm³/mol. The van der Waals surface area contributed by atoms with Crippen LogP contribution >= 0.6 is 11.3 Å². The Morgan fingerprint density at radius 2 is 1.89 bits per heavy atom. The highest BCUT2D eigenvalue weighted by atomic mass is 32.1. The highest BCUT2D eigenvalue weighted by Gasteiger charge is 2.22. The molecule has 8 nitrogen and oxygen atoms in total. The normalized spacial score (nSPS) is 10.2. The lowest BCUT2D eigenvalue weighted by molar-refractivity contribution is -0.132. The van der Waals surface area contributed by atoms with Gasteiger partial charge in [-0.05, 0) is 53.8 Å². The van der Waals surface area contributed by atoms with Crippen molar-refractivity contribution in [3.8, 4) is 17.6 Å². The molecule has 1 aromatic heterocycles. The summed E-state index contributed by atoms with van der Waals surface area (Å²) in [7, 11) is 3.18. The number of benzene rings is 2. The van der Waals surface area contributed by atoms with Gasteiger partial charge in [-0.3, -0.25) is 4.79 Å². The van der Waals surface area contributed by atoms with E-state index in [9.17, 15) is 9.59 Å². The lowest BCUT2D eigenvalue weighted by Crippen LogP contribution is -2.44. The van der Waals surface area contributed by atoms with Gasteiger partial charge in [0.05, 0.1) is 32.4 Å². The van der Waals surface area contributed by atoms with Crippen molar-refractivity contribution in [2.45, 2.75) is 13.0 Å². The topological polar surface area (TPSA) is 94.9 Å². The molecule has 1 heterocycles. The highest BCUT2D eigenvalue weighted by Crippen LogP contribution is 2.28. The minimum Gasteiger partial charge on any atom is -0.493 e. The Kier molecular flexibility index (Phi) is 10.1. The van der Waals surface area contributed by atoms with Crippen LogP contribution in [0.15, 0.2) is 72.6 Å². The molecule has 9 heteroatoms. The van der Waals surface area contributed by atoms with Crippen molar-refractivity contribution in [1.29, 1.82) is 5.26 Å². The highest BCUT2D eigenvalue weighted by molar-refractivity contribution is 7.09. The van der Waals surface area contributed by atoms with Crippen molar-refractivity contribution in [3.63, 3.8) is 0 Å². The molecule has 37 heavy (non-hydrogen) atoms. The molecule has 2 aromatic carbocycles. The van der Waals surface area contributed by atoms with Crippen LogP contribution in [0.5, 0.6) is 11.5 Å². The standard InChI is InChI=1S/C28H30N4O4S/c1-4-13-32(28(34)30-23-8-5-7-22(16-23)18-29)20-27(33)31(19-24-9-6-15-37-24)14-12-21-10-11-25(35-2)26(17-21)36-3/h4-11,15-17H,1,12-14,19-20H2,2-3H3,(H,30,34). The molecular formula is C28H30N4O4S. The average molecular weight is 519 g/mol. The van der Waals surface area contributed by atoms with Gasteiger partial charge in [0.15, 0.2) is 11.5 Å². The van der Waals surface area contributed by atoms with Crippen LogP contribution in [0.25, 0.3) is 0 Å². The van der Waals surface area contributed by atoms with E-state index in [0.717, 1.165) is 10.4 Å². The molecule has 1 N–H and O–H groups in total. The maximum Gasteiger partial charge on any atom is 0.322 e. The maximum atomic E-state index is 13.4. The SMILES string of the molecule is C=CCN(CC(=O)N(CCc1ccc(OC)c(OC)c1)Cc1cccs1)C(=O)Nc1cccc(C#N)c1. The summed E-state index contributed by atoms with van der Waals surface area (Å²) in [5.74, 6) is 1.09. The van der Waals surface area contributed by atoms with Gasteiger partial charge in [0.1, 0.15) is 6.54 Å². The van der Waals surface area contributed by atoms with Crippen molar-refractivity contribution in [2.24, 2.45) is 0 Å². The van der Waals surface area contributed by atoms with Crippen molar-refractivity contribution in [1.82, 2.24) is 9.80 Å². The van der Waals surface area contributed by atoms with Gasteiger partial charge in [0, 0.05) is 23.7 Å². The molecule has 0 aliphatic carbocycles. The predicted octanol–water partition coefficient (Wildman–Crippen LogP) is 4.93. The third kappa shape index (κ3) is 7.85. The minimum absolute atomic E-state index is 0.118. The maximum absolute atomic E-state index is 13.4. The number of thiophene rings is 1. The fourth-order valence-corrected chi connectivity index (χ4v) is 4.41. The first-order chi connectivity index (χ1) is 18.0. The van der Waals surface area contributed by atoms with Crippen molar-refractivity contribution in [3.05, 3.63) is 88.6 Å². The van der Waals surface area contributed by atoms with Crippen LogP contribution in [-0.4, -0.2) is 55.6 Å². The molecule has 0 atom stereocenters. The van der Waals surface area contributed by atoms with E-state index in [1.807, 2.05) is 41.8 Å². The molecule has 0 radical (unpaired) electrons. The molecule has 0 saturated carbocycles. The molecule has 3 rings (SSSR count). The Balaban J connectivity index is 1.73. The van der Waals surface area contributed by atoms with Crippen molar-refractivity contribution < 1.29 is 19.1 Å². The second-order valence-electron chi connectivity index (χ2n) is 8.13. The lowest BCUT2D eigenvalue weighted by atomic mass is 10.1. The summed E-state index contributed by atoms with van der Waals surface area (Å²) < 4.78 is 10.7. The fraction of sp³-hybridized carbons (Fsp3) is 0.250. The van der Waals surface area contributed by atoms with Gasteiger partial charge in [-0.2, -0.15) is 5.26 Å². The summed E-state index contributed by atoms with van der Waals surface area (Å²) in [4.78, 5) is 30.6. The quantitative estimate of drug-likeness (QED) is 0.343. The van der Waals surface area contributed by atoms with Crippen molar-refractivity contribution >= 4 is 29.0 Å². The van der Waals surface area contributed by atoms with E-state index in [1.54, 1.807) is 60.8 Å². The third-order valence-electron chi connectivity index (χ3n) is 5.60. The number of carbonyl (C=O) groups is 2. The smallest absolute Gasteiger partial charge is 0.322 e. The zero-order valence-electron chi connectivity index (χ0n) is 21.0. The van der Waals surface area contributed by atoms with Gasteiger partial charge in [-0.1, -0.05) is 24.3 Å². The first kappa shape index (κ1) is 27.3. The number of hydrogen-bond donors (Lipinski definition) is 1. The molecular weight excluding hydrogens is 488 g/mol. The van der Waals surface area contributed by atoms with Gasteiger partial charge >= 0.3 is 6.03 Å². The van der Waals surface area contributed by atoms with Crippen LogP contribution in [0, 0.1) is 11.3 Å². The second kappa shape index (κ2) is 13.7. The molecule has 3 amide bonds.